The summed E-state index contributed by atoms with van der Waals surface area (Å²) in [6, 6.07) is 20.3. The maximum atomic E-state index is 5.99. The summed E-state index contributed by atoms with van der Waals surface area (Å²) in [4.78, 5) is 0. The Morgan fingerprint density at radius 1 is 0.889 bits per heavy atom. The molecule has 1 unspecified atom stereocenters. The molecule has 94 valence electrons. The Kier molecular flexibility index (Phi) is 3.80. The van der Waals surface area contributed by atoms with E-state index < -0.39 is 5.60 Å². The van der Waals surface area contributed by atoms with Crippen LogP contribution < -0.4 is 5.73 Å². The Balaban J connectivity index is 2.48. The normalized spacial score (nSPS) is 13.3. The largest absolute Gasteiger partial charge is 0.348 e. The molecule has 0 heterocycles. The zero-order valence-electron chi connectivity index (χ0n) is 10.8. The van der Waals surface area contributed by atoms with Gasteiger partial charge < -0.3 is 10.5 Å². The maximum absolute atomic E-state index is 5.99. The highest BCUT2D eigenvalue weighted by Crippen LogP contribution is 2.33. The van der Waals surface area contributed by atoms with Crippen molar-refractivity contribution < 1.29 is 4.74 Å². The van der Waals surface area contributed by atoms with Gasteiger partial charge in [0.15, 0.2) is 0 Å². The van der Waals surface area contributed by atoms with E-state index in [9.17, 15) is 0 Å². The lowest BCUT2D eigenvalue weighted by Gasteiger charge is -2.33. The predicted octanol–water partition coefficient (Wildman–Crippen LogP) is 3.27. The van der Waals surface area contributed by atoms with Crippen LogP contribution in [-0.2, 0) is 10.3 Å². The van der Waals surface area contributed by atoms with Crippen molar-refractivity contribution in [2.45, 2.75) is 25.7 Å². The Morgan fingerprint density at radius 2 is 1.28 bits per heavy atom. The van der Waals surface area contributed by atoms with Crippen LogP contribution in [0.3, 0.4) is 0 Å². The molecule has 0 fully saturated rings. The third kappa shape index (κ3) is 2.61. The van der Waals surface area contributed by atoms with Gasteiger partial charge in [-0.3, -0.25) is 0 Å². The Morgan fingerprint density at radius 3 is 1.61 bits per heavy atom. The van der Waals surface area contributed by atoms with Gasteiger partial charge in [0, 0.05) is 0 Å². The van der Waals surface area contributed by atoms with E-state index in [1.165, 1.54) is 0 Å². The molecule has 1 atom stereocenters. The molecule has 2 N–H and O–H groups in total. The van der Waals surface area contributed by atoms with Gasteiger partial charge in [-0.25, -0.2) is 0 Å². The zero-order chi connectivity index (χ0) is 13.0. The van der Waals surface area contributed by atoms with Crippen molar-refractivity contribution in [3.63, 3.8) is 0 Å². The highest BCUT2D eigenvalue weighted by molar-refractivity contribution is 5.35. The number of hydrogen-bond donors (Lipinski definition) is 1. The monoisotopic (exact) mass is 241 g/mol. The summed E-state index contributed by atoms with van der Waals surface area (Å²) in [5, 5.41) is 0. The summed E-state index contributed by atoms with van der Waals surface area (Å²) >= 11 is 0. The molecule has 0 amide bonds. The van der Waals surface area contributed by atoms with E-state index in [4.69, 9.17) is 10.5 Å². The minimum Gasteiger partial charge on any atom is -0.348 e. The van der Waals surface area contributed by atoms with Crippen LogP contribution in [0.25, 0.3) is 0 Å². The molecule has 0 spiro atoms. The van der Waals surface area contributed by atoms with Crippen molar-refractivity contribution in [1.82, 2.24) is 0 Å². The van der Waals surface area contributed by atoms with Crippen molar-refractivity contribution in [3.8, 4) is 0 Å². The molecule has 2 nitrogen and oxygen atoms in total. The highest BCUT2D eigenvalue weighted by Gasteiger charge is 2.30. The lowest BCUT2D eigenvalue weighted by molar-refractivity contribution is -0.0499. The summed E-state index contributed by atoms with van der Waals surface area (Å²) in [7, 11) is 0. The molecule has 2 rings (SSSR count). The summed E-state index contributed by atoms with van der Waals surface area (Å²) in [5.41, 5.74) is 7.52. The topological polar surface area (TPSA) is 35.2 Å². The van der Waals surface area contributed by atoms with Crippen molar-refractivity contribution in [1.29, 1.82) is 0 Å². The van der Waals surface area contributed by atoms with E-state index >= 15 is 0 Å². The first-order valence-corrected chi connectivity index (χ1v) is 6.17. The molecule has 0 bridgehead atoms. The predicted molar refractivity (Wildman–Crippen MR) is 74.1 cm³/mol. The maximum Gasteiger partial charge on any atom is 0.117 e. The van der Waals surface area contributed by atoms with Crippen molar-refractivity contribution in [2.75, 3.05) is 0 Å². The third-order valence-corrected chi connectivity index (χ3v) is 3.07. The SMILES string of the molecule is CC(N)OC(C)(c1ccccc1)c1ccccc1. The fraction of sp³-hybridized carbons (Fsp3) is 0.250. The number of rotatable bonds is 4. The molecule has 0 saturated heterocycles. The third-order valence-electron chi connectivity index (χ3n) is 3.07. The van der Waals surface area contributed by atoms with Crippen LogP contribution in [0.5, 0.6) is 0 Å². The number of nitrogens with two attached hydrogens (primary N) is 1. The van der Waals surface area contributed by atoms with Gasteiger partial charge in [-0.05, 0) is 25.0 Å². The summed E-state index contributed by atoms with van der Waals surface area (Å²) < 4.78 is 5.99. The lowest BCUT2D eigenvalue weighted by atomic mass is 9.88. The minimum atomic E-state index is -0.517. The number of ether oxygens (including phenoxy) is 1. The smallest absolute Gasteiger partial charge is 0.117 e. The molecule has 2 heteroatoms. The fourth-order valence-corrected chi connectivity index (χ4v) is 2.19. The fourth-order valence-electron chi connectivity index (χ4n) is 2.19. The zero-order valence-corrected chi connectivity index (χ0v) is 10.8. The lowest BCUT2D eigenvalue weighted by Crippen LogP contribution is -2.35. The van der Waals surface area contributed by atoms with Gasteiger partial charge in [0.2, 0.25) is 0 Å². The summed E-state index contributed by atoms with van der Waals surface area (Å²) in [6.07, 6.45) is -0.324. The van der Waals surface area contributed by atoms with E-state index in [1.807, 2.05) is 43.3 Å². The first-order chi connectivity index (χ1) is 8.63. The van der Waals surface area contributed by atoms with Gasteiger partial charge in [-0.15, -0.1) is 0 Å². The van der Waals surface area contributed by atoms with Gasteiger partial charge in [-0.2, -0.15) is 0 Å². The molecule has 2 aromatic rings. The quantitative estimate of drug-likeness (QED) is 0.834. The van der Waals surface area contributed by atoms with E-state index in [0.29, 0.717) is 0 Å². The molecule has 0 saturated carbocycles. The van der Waals surface area contributed by atoms with Gasteiger partial charge in [0.1, 0.15) is 11.8 Å². The van der Waals surface area contributed by atoms with Crippen molar-refractivity contribution >= 4 is 0 Å². The van der Waals surface area contributed by atoms with Crippen molar-refractivity contribution in [2.24, 2.45) is 5.73 Å². The second-order valence-electron chi connectivity index (χ2n) is 4.59. The molecule has 0 aliphatic carbocycles. The second-order valence-corrected chi connectivity index (χ2v) is 4.59. The summed E-state index contributed by atoms with van der Waals surface area (Å²) in [5.74, 6) is 0. The van der Waals surface area contributed by atoms with E-state index in [1.54, 1.807) is 0 Å². The van der Waals surface area contributed by atoms with Crippen LogP contribution in [0.15, 0.2) is 60.7 Å². The molecule has 0 aliphatic heterocycles. The van der Waals surface area contributed by atoms with E-state index in [0.717, 1.165) is 11.1 Å². The van der Waals surface area contributed by atoms with Gasteiger partial charge in [-0.1, -0.05) is 60.7 Å². The van der Waals surface area contributed by atoms with Crippen LogP contribution in [0.2, 0.25) is 0 Å². The minimum absolute atomic E-state index is 0.324. The molecule has 2 aromatic carbocycles. The van der Waals surface area contributed by atoms with Crippen LogP contribution >= 0.6 is 0 Å². The van der Waals surface area contributed by atoms with Gasteiger partial charge >= 0.3 is 0 Å². The average Bonchev–Trinajstić information content (AvgIpc) is 2.40. The highest BCUT2D eigenvalue weighted by atomic mass is 16.5. The van der Waals surface area contributed by atoms with E-state index in [-0.39, 0.29) is 6.23 Å². The number of benzene rings is 2. The van der Waals surface area contributed by atoms with Crippen LogP contribution in [0, 0.1) is 0 Å². The first kappa shape index (κ1) is 12.8. The first-order valence-electron chi connectivity index (χ1n) is 6.17. The molecular formula is C16H19NO. The molecule has 0 aromatic heterocycles. The summed E-state index contributed by atoms with van der Waals surface area (Å²) in [6.45, 7) is 3.91. The van der Waals surface area contributed by atoms with Crippen molar-refractivity contribution in [3.05, 3.63) is 71.8 Å². The van der Waals surface area contributed by atoms with E-state index in [2.05, 4.69) is 31.2 Å². The van der Waals surface area contributed by atoms with Gasteiger partial charge in [0.05, 0.1) is 0 Å². The Bertz CT molecular complexity index is 439. The van der Waals surface area contributed by atoms with Crippen LogP contribution in [0.4, 0.5) is 0 Å². The Labute approximate surface area is 108 Å². The molecule has 0 aliphatic rings. The Hall–Kier alpha value is -1.64. The van der Waals surface area contributed by atoms with Crippen LogP contribution in [0.1, 0.15) is 25.0 Å². The molecule has 18 heavy (non-hydrogen) atoms. The molecular weight excluding hydrogens is 222 g/mol. The molecule has 0 radical (unpaired) electrons. The second kappa shape index (κ2) is 5.34. The average molecular weight is 241 g/mol. The standard InChI is InChI=1S/C16H19NO/c1-13(17)18-16(2,14-9-5-3-6-10-14)15-11-7-4-8-12-15/h3-13H,17H2,1-2H3. The van der Waals surface area contributed by atoms with Gasteiger partial charge in [0.25, 0.3) is 0 Å². The number of hydrogen-bond acceptors (Lipinski definition) is 2. The van der Waals surface area contributed by atoms with Crippen LogP contribution in [-0.4, -0.2) is 6.23 Å².